The monoisotopic (exact) mass is 446 g/mol. The molecule has 8 atom stereocenters. The minimum Gasteiger partial charge on any atom is -0.0836 e. The third kappa shape index (κ3) is 4.27. The van der Waals surface area contributed by atoms with Crippen LogP contribution in [0.25, 0.3) is 5.57 Å². The van der Waals surface area contributed by atoms with Gasteiger partial charge in [0.1, 0.15) is 0 Å². The lowest BCUT2D eigenvalue weighted by molar-refractivity contribution is -0.0772. The maximum Gasteiger partial charge on any atom is -0.0159 e. The van der Waals surface area contributed by atoms with Gasteiger partial charge in [-0.15, -0.1) is 0 Å². The summed E-state index contributed by atoms with van der Waals surface area (Å²) in [6.07, 6.45) is 18.8. The molecule has 5 rings (SSSR count). The number of hydrogen-bond acceptors (Lipinski definition) is 0. The normalized spacial score (nSPS) is 41.1. The van der Waals surface area contributed by atoms with Crippen molar-refractivity contribution in [1.29, 1.82) is 0 Å². The van der Waals surface area contributed by atoms with Gasteiger partial charge in [0.15, 0.2) is 0 Å². The molecule has 0 nitrogen and oxygen atoms in total. The van der Waals surface area contributed by atoms with E-state index in [4.69, 9.17) is 0 Å². The standard InChI is InChI=1S/C33H50/c1-6-23(27(7-2)24-11-9-8-10-12-24)21-26-14-16-31-30-15-13-25-22-32(3,4)19-17-28(25)29(30)18-20-33(26,31)5/h7-12,23,25-26,28-31H,6,13-22H2,1-5H3/b27-7-/t23-,25?,26+,28-,29+,30?,31-,33+/m0/s1. The van der Waals surface area contributed by atoms with E-state index in [0.29, 0.717) is 16.7 Å². The second kappa shape index (κ2) is 9.20. The second-order valence-electron chi connectivity index (χ2n) is 13.6. The highest BCUT2D eigenvalue weighted by Crippen LogP contribution is 2.66. The SMILES string of the molecule is C/C=C(\c1ccccc1)[C@@H](CC)C[C@H]1CC[C@H]2C3CCC4CC(C)(C)CC[C@@H]4[C@H]3CC[C@]12C. The van der Waals surface area contributed by atoms with Crippen molar-refractivity contribution in [1.82, 2.24) is 0 Å². The molecular weight excluding hydrogens is 396 g/mol. The lowest BCUT2D eigenvalue weighted by Gasteiger charge is -2.57. The van der Waals surface area contributed by atoms with Crippen molar-refractivity contribution < 1.29 is 0 Å². The summed E-state index contributed by atoms with van der Waals surface area (Å²) in [6.45, 7) is 12.5. The van der Waals surface area contributed by atoms with Gasteiger partial charge in [-0.25, -0.2) is 0 Å². The van der Waals surface area contributed by atoms with Crippen LogP contribution >= 0.6 is 0 Å². The van der Waals surface area contributed by atoms with Gasteiger partial charge in [-0.2, -0.15) is 0 Å². The highest BCUT2D eigenvalue weighted by Gasteiger charge is 2.57. The van der Waals surface area contributed by atoms with Crippen molar-refractivity contribution in [3.05, 3.63) is 42.0 Å². The maximum atomic E-state index is 2.74. The summed E-state index contributed by atoms with van der Waals surface area (Å²) in [7, 11) is 0. The van der Waals surface area contributed by atoms with Crippen LogP contribution in [0.2, 0.25) is 0 Å². The predicted molar refractivity (Wildman–Crippen MR) is 143 cm³/mol. The quantitative estimate of drug-likeness (QED) is 0.422. The number of fused-ring (bicyclic) bond motifs is 5. The fourth-order valence-electron chi connectivity index (χ4n) is 9.93. The van der Waals surface area contributed by atoms with Crippen LogP contribution in [0.1, 0.15) is 111 Å². The van der Waals surface area contributed by atoms with Crippen molar-refractivity contribution in [2.75, 3.05) is 0 Å². The lowest BCUT2D eigenvalue weighted by atomic mass is 9.48. The van der Waals surface area contributed by atoms with E-state index in [0.717, 1.165) is 35.5 Å². The lowest BCUT2D eigenvalue weighted by Crippen LogP contribution is -2.49. The van der Waals surface area contributed by atoms with Gasteiger partial charge >= 0.3 is 0 Å². The van der Waals surface area contributed by atoms with E-state index in [1.807, 2.05) is 0 Å². The van der Waals surface area contributed by atoms with Crippen LogP contribution < -0.4 is 0 Å². The van der Waals surface area contributed by atoms with Crippen LogP contribution in [-0.4, -0.2) is 0 Å². The summed E-state index contributed by atoms with van der Waals surface area (Å²) in [4.78, 5) is 0. The molecule has 0 bridgehead atoms. The van der Waals surface area contributed by atoms with Gasteiger partial charge in [-0.05, 0) is 141 Å². The Hall–Kier alpha value is -1.04. The third-order valence-corrected chi connectivity index (χ3v) is 11.6. The highest BCUT2D eigenvalue weighted by atomic mass is 14.6. The van der Waals surface area contributed by atoms with Crippen LogP contribution in [0.15, 0.2) is 36.4 Å². The number of benzene rings is 1. The summed E-state index contributed by atoms with van der Waals surface area (Å²) in [5.41, 5.74) is 4.26. The molecule has 0 heterocycles. The number of rotatable bonds is 5. The van der Waals surface area contributed by atoms with E-state index in [-0.39, 0.29) is 0 Å². The van der Waals surface area contributed by atoms with Gasteiger partial charge in [0, 0.05) is 0 Å². The van der Waals surface area contributed by atoms with Crippen LogP contribution in [-0.2, 0) is 0 Å². The zero-order valence-electron chi connectivity index (χ0n) is 22.3. The molecule has 1 aromatic rings. The molecule has 0 N–H and O–H groups in total. The Morgan fingerprint density at radius 3 is 2.39 bits per heavy atom. The molecule has 0 amide bonds. The molecule has 0 heteroatoms. The third-order valence-electron chi connectivity index (χ3n) is 11.6. The van der Waals surface area contributed by atoms with Crippen LogP contribution in [0, 0.1) is 52.3 Å². The van der Waals surface area contributed by atoms with Gasteiger partial charge in [0.05, 0.1) is 0 Å². The Bertz CT molecular complexity index is 831. The van der Waals surface area contributed by atoms with Gasteiger partial charge in [-0.1, -0.05) is 64.1 Å². The van der Waals surface area contributed by atoms with Crippen molar-refractivity contribution in [3.63, 3.8) is 0 Å². The average Bonchev–Trinajstić information content (AvgIpc) is 3.14. The van der Waals surface area contributed by atoms with Crippen LogP contribution in [0.3, 0.4) is 0 Å². The fourth-order valence-corrected chi connectivity index (χ4v) is 9.93. The van der Waals surface area contributed by atoms with Gasteiger partial charge < -0.3 is 0 Å². The molecule has 1 aromatic carbocycles. The summed E-state index contributed by atoms with van der Waals surface area (Å²) in [6, 6.07) is 11.2. The second-order valence-corrected chi connectivity index (χ2v) is 13.6. The van der Waals surface area contributed by atoms with Crippen molar-refractivity contribution in [2.45, 2.75) is 105 Å². The Morgan fingerprint density at radius 1 is 0.909 bits per heavy atom. The topological polar surface area (TPSA) is 0 Å². The van der Waals surface area contributed by atoms with E-state index < -0.39 is 0 Å². The Labute approximate surface area is 205 Å². The zero-order chi connectivity index (χ0) is 23.2. The minimum absolute atomic E-state index is 0.602. The molecule has 182 valence electrons. The minimum atomic E-state index is 0.602. The van der Waals surface area contributed by atoms with E-state index in [1.165, 1.54) is 56.9 Å². The molecule has 4 fully saturated rings. The Kier molecular flexibility index (Phi) is 6.60. The van der Waals surface area contributed by atoms with E-state index in [9.17, 15) is 0 Å². The summed E-state index contributed by atoms with van der Waals surface area (Å²) < 4.78 is 0. The highest BCUT2D eigenvalue weighted by molar-refractivity contribution is 5.67. The molecule has 0 aromatic heterocycles. The smallest absolute Gasteiger partial charge is 0.0159 e. The first-order chi connectivity index (χ1) is 15.9. The van der Waals surface area contributed by atoms with Gasteiger partial charge in [0.25, 0.3) is 0 Å². The average molecular weight is 447 g/mol. The van der Waals surface area contributed by atoms with Crippen molar-refractivity contribution in [2.24, 2.45) is 52.3 Å². The molecule has 0 radical (unpaired) electrons. The molecule has 0 saturated heterocycles. The molecule has 33 heavy (non-hydrogen) atoms. The van der Waals surface area contributed by atoms with Gasteiger partial charge in [0.2, 0.25) is 0 Å². The Morgan fingerprint density at radius 2 is 1.67 bits per heavy atom. The zero-order valence-corrected chi connectivity index (χ0v) is 22.3. The summed E-state index contributed by atoms with van der Waals surface area (Å²) >= 11 is 0. The molecular formula is C33H50. The molecule has 2 unspecified atom stereocenters. The molecule has 0 spiro atoms. The van der Waals surface area contributed by atoms with Crippen LogP contribution in [0.4, 0.5) is 0 Å². The first-order valence-electron chi connectivity index (χ1n) is 14.6. The largest absolute Gasteiger partial charge is 0.0836 e. The Balaban J connectivity index is 1.31. The van der Waals surface area contributed by atoms with Crippen molar-refractivity contribution in [3.8, 4) is 0 Å². The number of hydrogen-bond donors (Lipinski definition) is 0. The fraction of sp³-hybridized carbons (Fsp3) is 0.758. The predicted octanol–water partition coefficient (Wildman–Crippen LogP) is 9.80. The van der Waals surface area contributed by atoms with Crippen LogP contribution in [0.5, 0.6) is 0 Å². The molecule has 4 aliphatic carbocycles. The van der Waals surface area contributed by atoms with Gasteiger partial charge in [-0.3, -0.25) is 0 Å². The molecule has 0 aliphatic heterocycles. The summed E-state index contributed by atoms with van der Waals surface area (Å²) in [5, 5.41) is 0. The first-order valence-corrected chi connectivity index (χ1v) is 14.6. The molecule has 4 aliphatic rings. The molecule has 4 saturated carbocycles. The maximum absolute atomic E-state index is 2.74. The van der Waals surface area contributed by atoms with E-state index in [2.05, 4.69) is 71.0 Å². The first kappa shape index (κ1) is 23.7. The summed E-state index contributed by atoms with van der Waals surface area (Å²) in [5.74, 6) is 6.88. The number of allylic oxidation sites excluding steroid dienone is 2. The van der Waals surface area contributed by atoms with E-state index >= 15 is 0 Å². The van der Waals surface area contributed by atoms with Crippen molar-refractivity contribution >= 4 is 5.57 Å². The van der Waals surface area contributed by atoms with E-state index in [1.54, 1.807) is 24.8 Å².